The highest BCUT2D eigenvalue weighted by Crippen LogP contribution is 2.13. The Morgan fingerprint density at radius 1 is 0.460 bits per heavy atom. The highest BCUT2D eigenvalue weighted by molar-refractivity contribution is 5.72. The van der Waals surface area contributed by atoms with Crippen LogP contribution in [0.25, 0.3) is 0 Å². The second-order valence-electron chi connectivity index (χ2n) is 14.4. The van der Waals surface area contributed by atoms with Crippen LogP contribution in [0.3, 0.4) is 0 Å². The van der Waals surface area contributed by atoms with E-state index in [2.05, 4.69) is 38.2 Å². The first-order chi connectivity index (χ1) is 24.4. The van der Waals surface area contributed by atoms with E-state index in [4.69, 9.17) is 14.2 Å². The number of esters is 3. The second-order valence-corrected chi connectivity index (χ2v) is 14.4. The molecular formula is C43H79NO6. The Balaban J connectivity index is 4.10. The maximum absolute atomic E-state index is 12.6. The van der Waals surface area contributed by atoms with Crippen molar-refractivity contribution in [1.29, 1.82) is 0 Å². The highest BCUT2D eigenvalue weighted by atomic mass is 16.6. The van der Waals surface area contributed by atoms with Crippen molar-refractivity contribution in [2.75, 3.05) is 33.9 Å². The van der Waals surface area contributed by atoms with E-state index in [0.717, 1.165) is 57.8 Å². The largest absolute Gasteiger partial charge is 0.462 e. The number of carbonyl (C=O) groups excluding carboxylic acids is 3. The monoisotopic (exact) mass is 706 g/mol. The average molecular weight is 706 g/mol. The fraction of sp³-hybridized carbons (Fsp3) is 0.837. The lowest BCUT2D eigenvalue weighted by Crippen LogP contribution is -2.33. The van der Waals surface area contributed by atoms with Crippen LogP contribution in [0, 0.1) is 0 Å². The molecule has 0 aromatic carbocycles. The summed E-state index contributed by atoms with van der Waals surface area (Å²) in [5, 5.41) is 0. The molecule has 0 N–H and O–H groups in total. The third kappa shape index (κ3) is 37.1. The zero-order valence-electron chi connectivity index (χ0n) is 33.2. The number of hydrogen-bond acceptors (Lipinski definition) is 7. The Morgan fingerprint density at radius 2 is 0.800 bits per heavy atom. The Bertz CT molecular complexity index is 839. The quantitative estimate of drug-likeness (QED) is 0.0275. The van der Waals surface area contributed by atoms with Gasteiger partial charge in [-0.3, -0.25) is 19.3 Å². The fourth-order valence-electron chi connectivity index (χ4n) is 5.79. The van der Waals surface area contributed by atoms with Crippen molar-refractivity contribution in [3.05, 3.63) is 24.3 Å². The Labute approximate surface area is 308 Å². The molecule has 0 aromatic heterocycles. The highest BCUT2D eigenvalue weighted by Gasteiger charge is 2.19. The maximum Gasteiger partial charge on any atom is 0.320 e. The van der Waals surface area contributed by atoms with E-state index in [-0.39, 0.29) is 31.7 Å². The SMILES string of the molecule is CCCCCCCC/C=C\CCCCCCCC(=O)OCC(COC(=O)CN(C)C)OC(=O)CCCCCCC/C=C\CCCCCCCC. The summed E-state index contributed by atoms with van der Waals surface area (Å²) in [5.41, 5.74) is 0. The number of carbonyl (C=O) groups is 3. The molecule has 0 heterocycles. The van der Waals surface area contributed by atoms with Crippen LogP contribution >= 0.6 is 0 Å². The summed E-state index contributed by atoms with van der Waals surface area (Å²) < 4.78 is 16.3. The zero-order valence-corrected chi connectivity index (χ0v) is 33.2. The number of allylic oxidation sites excluding steroid dienone is 4. The molecule has 7 nitrogen and oxygen atoms in total. The average Bonchev–Trinajstić information content (AvgIpc) is 3.09. The van der Waals surface area contributed by atoms with Gasteiger partial charge in [0.2, 0.25) is 0 Å². The van der Waals surface area contributed by atoms with Crippen LogP contribution in [0.5, 0.6) is 0 Å². The minimum Gasteiger partial charge on any atom is -0.462 e. The van der Waals surface area contributed by atoms with Crippen LogP contribution in [0.1, 0.15) is 194 Å². The number of likely N-dealkylation sites (N-methyl/N-ethyl adjacent to an activating group) is 1. The molecule has 0 amide bonds. The lowest BCUT2D eigenvalue weighted by Gasteiger charge is -2.19. The van der Waals surface area contributed by atoms with E-state index in [1.807, 2.05) is 0 Å². The molecule has 0 aliphatic heterocycles. The molecule has 292 valence electrons. The van der Waals surface area contributed by atoms with E-state index in [1.54, 1.807) is 19.0 Å². The lowest BCUT2D eigenvalue weighted by atomic mass is 10.1. The van der Waals surface area contributed by atoms with E-state index in [1.165, 1.54) is 109 Å². The van der Waals surface area contributed by atoms with Gasteiger partial charge in [0.25, 0.3) is 0 Å². The molecule has 0 aromatic rings. The molecule has 0 radical (unpaired) electrons. The van der Waals surface area contributed by atoms with Gasteiger partial charge >= 0.3 is 17.9 Å². The van der Waals surface area contributed by atoms with Crippen LogP contribution in [0.4, 0.5) is 0 Å². The number of ether oxygens (including phenoxy) is 3. The molecule has 0 aliphatic rings. The molecule has 0 aliphatic carbocycles. The minimum atomic E-state index is -0.796. The van der Waals surface area contributed by atoms with Gasteiger partial charge in [-0.25, -0.2) is 0 Å². The third-order valence-corrected chi connectivity index (χ3v) is 8.89. The first kappa shape index (κ1) is 47.8. The normalized spacial score (nSPS) is 12.3. The van der Waals surface area contributed by atoms with Crippen LogP contribution in [-0.4, -0.2) is 62.8 Å². The second kappa shape index (κ2) is 38.1. The maximum atomic E-state index is 12.6. The van der Waals surface area contributed by atoms with E-state index in [9.17, 15) is 14.4 Å². The van der Waals surface area contributed by atoms with Gasteiger partial charge in [0.1, 0.15) is 13.2 Å². The van der Waals surface area contributed by atoms with Crippen molar-refractivity contribution in [3.8, 4) is 0 Å². The summed E-state index contributed by atoms with van der Waals surface area (Å²) in [6.45, 7) is 4.42. The summed E-state index contributed by atoms with van der Waals surface area (Å²) in [6, 6.07) is 0. The standard InChI is InChI=1S/C43H79NO6/c1-5-7-9-11-13-15-17-19-21-23-25-27-29-31-33-35-41(45)48-38-40(39-49-43(47)37-44(3)4)50-42(46)36-34-32-30-28-26-24-22-20-18-16-14-12-10-8-6-2/h19-22,40H,5-18,23-39H2,1-4H3/b21-19-,22-20-. The van der Waals surface area contributed by atoms with Gasteiger partial charge < -0.3 is 14.2 Å². The topological polar surface area (TPSA) is 82.1 Å². The predicted molar refractivity (Wildman–Crippen MR) is 209 cm³/mol. The van der Waals surface area contributed by atoms with Crippen molar-refractivity contribution >= 4 is 17.9 Å². The lowest BCUT2D eigenvalue weighted by molar-refractivity contribution is -0.167. The van der Waals surface area contributed by atoms with E-state index in [0.29, 0.717) is 12.8 Å². The number of rotatable bonds is 37. The molecule has 0 saturated heterocycles. The van der Waals surface area contributed by atoms with Crippen molar-refractivity contribution in [1.82, 2.24) is 4.90 Å². The summed E-state index contributed by atoms with van der Waals surface area (Å²) >= 11 is 0. The summed E-state index contributed by atoms with van der Waals surface area (Å²) in [5.74, 6) is -1.06. The first-order valence-corrected chi connectivity index (χ1v) is 20.8. The van der Waals surface area contributed by atoms with Gasteiger partial charge in [0.05, 0.1) is 6.54 Å². The van der Waals surface area contributed by atoms with Crippen molar-refractivity contribution < 1.29 is 28.6 Å². The molecule has 0 bridgehead atoms. The van der Waals surface area contributed by atoms with Gasteiger partial charge in [0, 0.05) is 12.8 Å². The van der Waals surface area contributed by atoms with Crippen LogP contribution in [0.15, 0.2) is 24.3 Å². The van der Waals surface area contributed by atoms with Crippen LogP contribution in [0.2, 0.25) is 0 Å². The predicted octanol–water partition coefficient (Wildman–Crippen LogP) is 11.6. The zero-order chi connectivity index (χ0) is 36.8. The number of hydrogen-bond donors (Lipinski definition) is 0. The fourth-order valence-corrected chi connectivity index (χ4v) is 5.79. The smallest absolute Gasteiger partial charge is 0.320 e. The number of nitrogens with zero attached hydrogens (tertiary/aromatic N) is 1. The molecule has 0 saturated carbocycles. The van der Waals surface area contributed by atoms with E-state index >= 15 is 0 Å². The molecule has 0 spiro atoms. The van der Waals surface area contributed by atoms with E-state index < -0.39 is 12.1 Å². The summed E-state index contributed by atoms with van der Waals surface area (Å²) in [4.78, 5) is 38.7. The third-order valence-electron chi connectivity index (χ3n) is 8.89. The van der Waals surface area contributed by atoms with Gasteiger partial charge in [-0.15, -0.1) is 0 Å². The summed E-state index contributed by atoms with van der Waals surface area (Å²) in [7, 11) is 3.56. The van der Waals surface area contributed by atoms with Crippen LogP contribution in [-0.2, 0) is 28.6 Å². The molecule has 0 rings (SSSR count). The molecule has 0 fully saturated rings. The Morgan fingerprint density at radius 3 is 1.20 bits per heavy atom. The molecule has 1 atom stereocenters. The molecule has 50 heavy (non-hydrogen) atoms. The molecule has 1 unspecified atom stereocenters. The summed E-state index contributed by atoms with van der Waals surface area (Å²) in [6.07, 6.45) is 40.4. The first-order valence-electron chi connectivity index (χ1n) is 20.8. The van der Waals surface area contributed by atoms with Gasteiger partial charge in [0.15, 0.2) is 6.10 Å². The van der Waals surface area contributed by atoms with Crippen molar-refractivity contribution in [2.24, 2.45) is 0 Å². The van der Waals surface area contributed by atoms with Gasteiger partial charge in [-0.2, -0.15) is 0 Å². The van der Waals surface area contributed by atoms with Crippen molar-refractivity contribution in [3.63, 3.8) is 0 Å². The minimum absolute atomic E-state index is 0.0999. The van der Waals surface area contributed by atoms with Gasteiger partial charge in [-0.1, -0.05) is 141 Å². The molecule has 7 heteroatoms. The Kier molecular flexibility index (Phi) is 36.5. The van der Waals surface area contributed by atoms with Gasteiger partial charge in [-0.05, 0) is 78.3 Å². The van der Waals surface area contributed by atoms with Crippen LogP contribution < -0.4 is 0 Å². The Hall–Kier alpha value is -2.15. The van der Waals surface area contributed by atoms with Crippen molar-refractivity contribution in [2.45, 2.75) is 200 Å². The molecular weight excluding hydrogens is 626 g/mol. The number of unbranched alkanes of at least 4 members (excludes halogenated alkanes) is 22.